The minimum atomic E-state index is -0.0751. The molecule has 0 atom stereocenters. The van der Waals surface area contributed by atoms with Crippen LogP contribution >= 0.6 is 11.6 Å². The Morgan fingerprint density at radius 1 is 1.10 bits per heavy atom. The highest BCUT2D eigenvalue weighted by molar-refractivity contribution is 6.30. The number of hydrogen-bond donors (Lipinski definition) is 0. The van der Waals surface area contributed by atoms with Gasteiger partial charge in [0.25, 0.3) is 0 Å². The first-order valence-electron chi connectivity index (χ1n) is 6.12. The van der Waals surface area contributed by atoms with E-state index in [1.807, 2.05) is 6.07 Å². The highest BCUT2D eigenvalue weighted by atomic mass is 35.5. The molecule has 0 aliphatic heterocycles. The molecular weight excluding hydrogens is 276 g/mol. The number of benzene rings is 2. The molecule has 0 radical (unpaired) electrons. The lowest BCUT2D eigenvalue weighted by molar-refractivity contribution is 0.302. The molecule has 0 fully saturated rings. The van der Waals surface area contributed by atoms with Crippen molar-refractivity contribution in [2.24, 2.45) is 0 Å². The molecule has 1 heterocycles. The van der Waals surface area contributed by atoms with E-state index < -0.39 is 0 Å². The maximum atomic E-state index is 12.3. The molecule has 1 aromatic heterocycles. The third-order valence-electron chi connectivity index (χ3n) is 2.94. The van der Waals surface area contributed by atoms with E-state index in [2.05, 4.69) is 0 Å². The third kappa shape index (κ3) is 2.53. The van der Waals surface area contributed by atoms with Gasteiger partial charge in [0.1, 0.15) is 24.2 Å². The van der Waals surface area contributed by atoms with Crippen LogP contribution in [0.4, 0.5) is 0 Å². The first-order chi connectivity index (χ1) is 9.74. The van der Waals surface area contributed by atoms with Crippen LogP contribution in [0.25, 0.3) is 11.0 Å². The number of fused-ring (bicyclic) bond motifs is 1. The summed E-state index contributed by atoms with van der Waals surface area (Å²) in [6.45, 7) is 0.146. The molecule has 0 unspecified atom stereocenters. The van der Waals surface area contributed by atoms with Crippen LogP contribution in [-0.2, 0) is 6.61 Å². The fourth-order valence-electron chi connectivity index (χ4n) is 1.94. The Kier molecular flexibility index (Phi) is 3.44. The summed E-state index contributed by atoms with van der Waals surface area (Å²) in [5.41, 5.74) is 0.974. The molecule has 20 heavy (non-hydrogen) atoms. The summed E-state index contributed by atoms with van der Waals surface area (Å²) >= 11 is 5.88. The molecule has 3 nitrogen and oxygen atoms in total. The van der Waals surface area contributed by atoms with E-state index in [1.54, 1.807) is 42.5 Å². The second-order valence-corrected chi connectivity index (χ2v) is 4.77. The van der Waals surface area contributed by atoms with Crippen LogP contribution in [0, 0.1) is 0 Å². The molecule has 4 heteroatoms. The predicted octanol–water partition coefficient (Wildman–Crippen LogP) is 4.03. The molecule has 0 saturated heterocycles. The van der Waals surface area contributed by atoms with Crippen LogP contribution in [0.5, 0.6) is 5.75 Å². The Bertz CT molecular complexity index is 808. The van der Waals surface area contributed by atoms with Gasteiger partial charge in [-0.3, -0.25) is 4.79 Å². The van der Waals surface area contributed by atoms with Crippen LogP contribution in [0.1, 0.15) is 5.56 Å². The van der Waals surface area contributed by atoms with Gasteiger partial charge >= 0.3 is 0 Å². The molecular formula is C16H11ClO3. The minimum absolute atomic E-state index is 0.0751. The van der Waals surface area contributed by atoms with Crippen molar-refractivity contribution >= 4 is 22.6 Å². The molecule has 0 aliphatic rings. The summed E-state index contributed by atoms with van der Waals surface area (Å²) in [4.78, 5) is 12.3. The lowest BCUT2D eigenvalue weighted by Gasteiger charge is -2.06. The zero-order valence-electron chi connectivity index (χ0n) is 10.5. The van der Waals surface area contributed by atoms with Crippen molar-refractivity contribution in [2.45, 2.75) is 6.61 Å². The topological polar surface area (TPSA) is 39.4 Å². The summed E-state index contributed by atoms with van der Waals surface area (Å²) in [7, 11) is 0. The first kappa shape index (κ1) is 12.8. The van der Waals surface area contributed by atoms with Gasteiger partial charge in [-0.1, -0.05) is 29.8 Å². The smallest absolute Gasteiger partial charge is 0.199 e. The van der Waals surface area contributed by atoms with Gasteiger partial charge in [-0.25, -0.2) is 0 Å². The lowest BCUT2D eigenvalue weighted by atomic mass is 10.2. The average molecular weight is 287 g/mol. The van der Waals surface area contributed by atoms with Crippen molar-refractivity contribution in [1.29, 1.82) is 0 Å². The molecule has 3 aromatic rings. The Labute approximate surface area is 120 Å². The SMILES string of the molecule is O=c1c(COc2cccc(Cl)c2)coc2ccccc12. The van der Waals surface area contributed by atoms with Crippen LogP contribution < -0.4 is 10.2 Å². The Balaban J connectivity index is 1.88. The van der Waals surface area contributed by atoms with E-state index >= 15 is 0 Å². The summed E-state index contributed by atoms with van der Waals surface area (Å²) in [6.07, 6.45) is 1.44. The van der Waals surface area contributed by atoms with Crippen molar-refractivity contribution in [3.05, 3.63) is 75.6 Å². The summed E-state index contributed by atoms with van der Waals surface area (Å²) in [5, 5.41) is 1.15. The lowest BCUT2D eigenvalue weighted by Crippen LogP contribution is -2.11. The maximum absolute atomic E-state index is 12.3. The van der Waals surface area contributed by atoms with E-state index in [9.17, 15) is 4.79 Å². The molecule has 0 amide bonds. The van der Waals surface area contributed by atoms with Crippen molar-refractivity contribution in [1.82, 2.24) is 0 Å². The van der Waals surface area contributed by atoms with Crippen molar-refractivity contribution in [2.75, 3.05) is 0 Å². The largest absolute Gasteiger partial charge is 0.489 e. The number of hydrogen-bond acceptors (Lipinski definition) is 3. The van der Waals surface area contributed by atoms with Gasteiger partial charge in [-0.2, -0.15) is 0 Å². The van der Waals surface area contributed by atoms with E-state index in [1.165, 1.54) is 6.26 Å². The van der Waals surface area contributed by atoms with Gasteiger partial charge in [0.15, 0.2) is 5.43 Å². The molecule has 0 spiro atoms. The van der Waals surface area contributed by atoms with Crippen LogP contribution in [0.3, 0.4) is 0 Å². The van der Waals surface area contributed by atoms with Crippen molar-refractivity contribution in [3.63, 3.8) is 0 Å². The second kappa shape index (κ2) is 5.39. The Hall–Kier alpha value is -2.26. The van der Waals surface area contributed by atoms with Crippen molar-refractivity contribution in [3.8, 4) is 5.75 Å². The molecule has 2 aromatic carbocycles. The fourth-order valence-corrected chi connectivity index (χ4v) is 2.12. The van der Waals surface area contributed by atoms with Gasteiger partial charge in [-0.15, -0.1) is 0 Å². The fraction of sp³-hybridized carbons (Fsp3) is 0.0625. The summed E-state index contributed by atoms with van der Waals surface area (Å²) in [6, 6.07) is 14.2. The van der Waals surface area contributed by atoms with E-state index in [-0.39, 0.29) is 12.0 Å². The average Bonchev–Trinajstić information content (AvgIpc) is 2.47. The zero-order chi connectivity index (χ0) is 13.9. The van der Waals surface area contributed by atoms with Gasteiger partial charge in [0.2, 0.25) is 0 Å². The van der Waals surface area contributed by atoms with Gasteiger partial charge in [0.05, 0.1) is 10.9 Å². The van der Waals surface area contributed by atoms with Gasteiger partial charge in [-0.05, 0) is 30.3 Å². The maximum Gasteiger partial charge on any atom is 0.199 e. The number of para-hydroxylation sites is 1. The van der Waals surface area contributed by atoms with Crippen molar-refractivity contribution < 1.29 is 9.15 Å². The summed E-state index contributed by atoms with van der Waals surface area (Å²) < 4.78 is 11.0. The number of rotatable bonds is 3. The van der Waals surface area contributed by atoms with Gasteiger partial charge in [0, 0.05) is 5.02 Å². The standard InChI is InChI=1S/C16H11ClO3/c17-12-4-3-5-13(8-12)19-9-11-10-20-15-7-2-1-6-14(15)16(11)18/h1-8,10H,9H2. The first-order valence-corrected chi connectivity index (χ1v) is 6.49. The normalized spacial score (nSPS) is 10.7. The molecule has 0 bridgehead atoms. The number of ether oxygens (including phenoxy) is 1. The zero-order valence-corrected chi connectivity index (χ0v) is 11.3. The summed E-state index contributed by atoms with van der Waals surface area (Å²) in [5.74, 6) is 0.616. The highest BCUT2D eigenvalue weighted by Crippen LogP contribution is 2.18. The minimum Gasteiger partial charge on any atom is -0.489 e. The molecule has 0 saturated carbocycles. The van der Waals surface area contributed by atoms with Gasteiger partial charge < -0.3 is 9.15 Å². The monoisotopic (exact) mass is 286 g/mol. The van der Waals surface area contributed by atoms with E-state index in [4.69, 9.17) is 20.8 Å². The van der Waals surface area contributed by atoms with Crippen LogP contribution in [0.15, 0.2) is 64.0 Å². The predicted molar refractivity (Wildman–Crippen MR) is 78.3 cm³/mol. The van der Waals surface area contributed by atoms with Crippen LogP contribution in [0.2, 0.25) is 5.02 Å². The number of halogens is 1. The Morgan fingerprint density at radius 2 is 1.95 bits per heavy atom. The second-order valence-electron chi connectivity index (χ2n) is 4.33. The van der Waals surface area contributed by atoms with E-state index in [0.717, 1.165) is 0 Å². The van der Waals surface area contributed by atoms with E-state index in [0.29, 0.717) is 27.3 Å². The molecule has 0 N–H and O–H groups in total. The Morgan fingerprint density at radius 3 is 2.80 bits per heavy atom. The quantitative estimate of drug-likeness (QED) is 0.730. The van der Waals surface area contributed by atoms with Crippen LogP contribution in [-0.4, -0.2) is 0 Å². The third-order valence-corrected chi connectivity index (χ3v) is 3.18. The molecule has 100 valence electrons. The highest BCUT2D eigenvalue weighted by Gasteiger charge is 2.07. The molecule has 3 rings (SSSR count). The molecule has 0 aliphatic carbocycles.